The van der Waals surface area contributed by atoms with E-state index < -0.39 is 15.8 Å². The number of hydrogen-bond acceptors (Lipinski definition) is 4. The molecule has 0 saturated carbocycles. The molecular weight excluding hydrogens is 357 g/mol. The zero-order valence-corrected chi connectivity index (χ0v) is 15.8. The van der Waals surface area contributed by atoms with E-state index in [0.717, 1.165) is 31.5 Å². The van der Waals surface area contributed by atoms with Crippen molar-refractivity contribution in [3.8, 4) is 0 Å². The molecule has 2 saturated heterocycles. The molecule has 26 heavy (non-hydrogen) atoms. The van der Waals surface area contributed by atoms with Crippen LogP contribution in [0.3, 0.4) is 0 Å². The van der Waals surface area contributed by atoms with Crippen molar-refractivity contribution in [2.24, 2.45) is 5.92 Å². The first kappa shape index (κ1) is 19.3. The van der Waals surface area contributed by atoms with Gasteiger partial charge in [-0.1, -0.05) is 0 Å². The highest BCUT2D eigenvalue weighted by Gasteiger charge is 2.34. The summed E-state index contributed by atoms with van der Waals surface area (Å²) in [4.78, 5) is 12.7. The largest absolute Gasteiger partial charge is 0.353 e. The molecule has 3 atom stereocenters. The van der Waals surface area contributed by atoms with Crippen molar-refractivity contribution >= 4 is 15.9 Å². The van der Waals surface area contributed by atoms with Gasteiger partial charge in [-0.05, 0) is 63.4 Å². The van der Waals surface area contributed by atoms with E-state index in [1.54, 1.807) is 0 Å². The average molecular weight is 383 g/mol. The number of nitrogens with zero attached hydrogens (tertiary/aromatic N) is 1. The van der Waals surface area contributed by atoms with Crippen LogP contribution in [0.15, 0.2) is 29.2 Å². The molecule has 0 radical (unpaired) electrons. The second-order valence-corrected chi connectivity index (χ2v) is 9.18. The van der Waals surface area contributed by atoms with Crippen molar-refractivity contribution < 1.29 is 17.6 Å². The number of amides is 1. The predicted octanol–water partition coefficient (Wildman–Crippen LogP) is 1.48. The van der Waals surface area contributed by atoms with Crippen molar-refractivity contribution in [1.29, 1.82) is 0 Å². The van der Waals surface area contributed by atoms with Crippen LogP contribution in [0, 0.1) is 11.7 Å². The Balaban J connectivity index is 1.64. The van der Waals surface area contributed by atoms with Gasteiger partial charge in [0.05, 0.1) is 10.8 Å². The molecule has 0 aliphatic carbocycles. The highest BCUT2D eigenvalue weighted by atomic mass is 32.2. The monoisotopic (exact) mass is 383 g/mol. The number of nitrogens with one attached hydrogen (secondary N) is 2. The van der Waals surface area contributed by atoms with E-state index in [1.807, 2.05) is 0 Å². The van der Waals surface area contributed by atoms with Gasteiger partial charge < -0.3 is 10.6 Å². The molecule has 0 bridgehead atoms. The molecule has 3 unspecified atom stereocenters. The predicted molar refractivity (Wildman–Crippen MR) is 96.5 cm³/mol. The number of benzene rings is 1. The van der Waals surface area contributed by atoms with Gasteiger partial charge in [-0.25, -0.2) is 12.8 Å². The summed E-state index contributed by atoms with van der Waals surface area (Å²) < 4.78 is 39.9. The summed E-state index contributed by atoms with van der Waals surface area (Å²) in [6.45, 7) is 3.53. The molecule has 1 amide bonds. The summed E-state index contributed by atoms with van der Waals surface area (Å²) in [6.07, 6.45) is 3.10. The number of halogens is 1. The molecule has 0 spiro atoms. The quantitative estimate of drug-likeness (QED) is 0.826. The Labute approximate surface area is 154 Å². The zero-order valence-electron chi connectivity index (χ0n) is 14.9. The minimum atomic E-state index is -3.71. The Bertz CT molecular complexity index is 739. The summed E-state index contributed by atoms with van der Waals surface area (Å²) in [5.74, 6) is -0.886. The third kappa shape index (κ3) is 4.42. The van der Waals surface area contributed by atoms with Crippen LogP contribution in [-0.2, 0) is 14.8 Å². The topological polar surface area (TPSA) is 78.5 Å². The Morgan fingerprint density at radius 3 is 2.69 bits per heavy atom. The third-order valence-corrected chi connectivity index (χ3v) is 7.06. The van der Waals surface area contributed by atoms with Gasteiger partial charge in [0.15, 0.2) is 0 Å². The summed E-state index contributed by atoms with van der Waals surface area (Å²) in [7, 11) is -3.71. The summed E-state index contributed by atoms with van der Waals surface area (Å²) in [6, 6.07) is 5.33. The first-order valence-corrected chi connectivity index (χ1v) is 10.6. The fourth-order valence-electron chi connectivity index (χ4n) is 3.71. The molecule has 3 rings (SSSR count). The van der Waals surface area contributed by atoms with Crippen molar-refractivity contribution in [1.82, 2.24) is 14.9 Å². The molecule has 1 aromatic rings. The Morgan fingerprint density at radius 2 is 2.00 bits per heavy atom. The molecule has 2 aliphatic rings. The van der Waals surface area contributed by atoms with Crippen LogP contribution in [0.4, 0.5) is 4.39 Å². The number of hydrogen-bond donors (Lipinski definition) is 2. The van der Waals surface area contributed by atoms with Gasteiger partial charge in [-0.3, -0.25) is 4.79 Å². The molecule has 2 N–H and O–H groups in total. The lowest BCUT2D eigenvalue weighted by atomic mass is 9.96. The Hall–Kier alpha value is -1.51. The fraction of sp³-hybridized carbons (Fsp3) is 0.611. The Morgan fingerprint density at radius 1 is 1.27 bits per heavy atom. The lowest BCUT2D eigenvalue weighted by Crippen LogP contribution is -2.51. The van der Waals surface area contributed by atoms with Gasteiger partial charge in [0.1, 0.15) is 5.82 Å². The normalized spacial score (nSPS) is 27.8. The lowest BCUT2D eigenvalue weighted by molar-refractivity contribution is -0.127. The zero-order chi connectivity index (χ0) is 18.7. The van der Waals surface area contributed by atoms with Crippen molar-refractivity contribution in [3.63, 3.8) is 0 Å². The van der Waals surface area contributed by atoms with Gasteiger partial charge in [0.2, 0.25) is 15.9 Å². The number of carbonyl (C=O) groups excluding carboxylic acids is 1. The fourth-order valence-corrected chi connectivity index (χ4v) is 5.24. The first-order valence-electron chi connectivity index (χ1n) is 9.16. The van der Waals surface area contributed by atoms with E-state index in [0.29, 0.717) is 25.4 Å². The first-order chi connectivity index (χ1) is 12.4. The second-order valence-electron chi connectivity index (χ2n) is 7.24. The van der Waals surface area contributed by atoms with Crippen LogP contribution >= 0.6 is 0 Å². The molecule has 2 fully saturated rings. The second kappa shape index (κ2) is 8.02. The SMILES string of the molecule is CC1CC(NC(=O)C2CCCN(S(=O)(=O)c3ccc(F)cc3)C2)CCN1. The molecular formula is C18H26FN3O3S. The van der Waals surface area contributed by atoms with Crippen LogP contribution in [-0.4, -0.2) is 50.3 Å². The highest BCUT2D eigenvalue weighted by Crippen LogP contribution is 2.24. The van der Waals surface area contributed by atoms with Crippen LogP contribution in [0.2, 0.25) is 0 Å². The van der Waals surface area contributed by atoms with Crippen LogP contribution in [0.5, 0.6) is 0 Å². The van der Waals surface area contributed by atoms with Gasteiger partial charge >= 0.3 is 0 Å². The molecule has 0 aromatic heterocycles. The minimum Gasteiger partial charge on any atom is -0.353 e. The van der Waals surface area contributed by atoms with E-state index in [-0.39, 0.29) is 29.3 Å². The molecule has 6 nitrogen and oxygen atoms in total. The van der Waals surface area contributed by atoms with Gasteiger partial charge in [-0.15, -0.1) is 0 Å². The molecule has 144 valence electrons. The van der Waals surface area contributed by atoms with Crippen molar-refractivity contribution in [2.75, 3.05) is 19.6 Å². The maximum absolute atomic E-state index is 13.1. The van der Waals surface area contributed by atoms with E-state index >= 15 is 0 Å². The summed E-state index contributed by atoms with van der Waals surface area (Å²) in [5, 5.41) is 6.44. The number of piperidine rings is 2. The number of rotatable bonds is 4. The summed E-state index contributed by atoms with van der Waals surface area (Å²) >= 11 is 0. The van der Waals surface area contributed by atoms with Gasteiger partial charge in [0.25, 0.3) is 0 Å². The molecule has 2 heterocycles. The van der Waals surface area contributed by atoms with Crippen molar-refractivity contribution in [3.05, 3.63) is 30.1 Å². The highest BCUT2D eigenvalue weighted by molar-refractivity contribution is 7.89. The van der Waals surface area contributed by atoms with Gasteiger partial charge in [0, 0.05) is 25.2 Å². The third-order valence-electron chi connectivity index (χ3n) is 5.18. The standard InChI is InChI=1S/C18H26FN3O3S/c1-13-11-16(8-9-20-13)21-18(23)14-3-2-10-22(12-14)26(24,25)17-6-4-15(19)5-7-17/h4-7,13-14,16,20H,2-3,8-12H2,1H3,(H,21,23). The summed E-state index contributed by atoms with van der Waals surface area (Å²) in [5.41, 5.74) is 0. The molecule has 2 aliphatic heterocycles. The van der Waals surface area contributed by atoms with E-state index in [9.17, 15) is 17.6 Å². The van der Waals surface area contributed by atoms with Crippen molar-refractivity contribution in [2.45, 2.75) is 49.6 Å². The maximum Gasteiger partial charge on any atom is 0.243 e. The number of sulfonamides is 1. The maximum atomic E-state index is 13.1. The number of carbonyl (C=O) groups is 1. The minimum absolute atomic E-state index is 0.0622. The molecule has 1 aromatic carbocycles. The lowest BCUT2D eigenvalue weighted by Gasteiger charge is -2.34. The van der Waals surface area contributed by atoms with Crippen LogP contribution in [0.1, 0.15) is 32.6 Å². The van der Waals surface area contributed by atoms with Crippen LogP contribution in [0.25, 0.3) is 0 Å². The van der Waals surface area contributed by atoms with Crippen LogP contribution < -0.4 is 10.6 Å². The smallest absolute Gasteiger partial charge is 0.243 e. The average Bonchev–Trinajstić information content (AvgIpc) is 2.62. The molecule has 8 heteroatoms. The van der Waals surface area contributed by atoms with E-state index in [4.69, 9.17) is 0 Å². The van der Waals surface area contributed by atoms with E-state index in [1.165, 1.54) is 16.4 Å². The Kier molecular flexibility index (Phi) is 5.94. The van der Waals surface area contributed by atoms with E-state index in [2.05, 4.69) is 17.6 Å². The van der Waals surface area contributed by atoms with Gasteiger partial charge in [-0.2, -0.15) is 4.31 Å².